The monoisotopic (exact) mass is 457 g/mol. The van der Waals surface area contributed by atoms with E-state index in [1.54, 1.807) is 56.5 Å². The molecule has 0 saturated carbocycles. The van der Waals surface area contributed by atoms with Crippen LogP contribution in [0.5, 0.6) is 11.5 Å². The second-order valence-corrected chi connectivity index (χ2v) is 7.43. The Morgan fingerprint density at radius 1 is 1.15 bits per heavy atom. The van der Waals surface area contributed by atoms with Crippen molar-refractivity contribution in [1.82, 2.24) is 15.5 Å². The van der Waals surface area contributed by atoms with Gasteiger partial charge in [0.15, 0.2) is 11.6 Å². The maximum atomic E-state index is 13.7. The van der Waals surface area contributed by atoms with Crippen molar-refractivity contribution in [3.63, 3.8) is 0 Å². The van der Waals surface area contributed by atoms with Crippen molar-refractivity contribution in [2.45, 2.75) is 13.0 Å². The van der Waals surface area contributed by atoms with Gasteiger partial charge in [-0.1, -0.05) is 24.3 Å². The molecular weight excluding hydrogens is 429 g/mol. The number of carbonyl (C=O) groups excluding carboxylic acids is 2. The van der Waals surface area contributed by atoms with Gasteiger partial charge in [-0.05, 0) is 43.8 Å². The van der Waals surface area contributed by atoms with Crippen LogP contribution in [0.1, 0.15) is 18.5 Å². The summed E-state index contributed by atoms with van der Waals surface area (Å²) in [5.74, 6) is -0.111. The van der Waals surface area contributed by atoms with E-state index in [9.17, 15) is 14.0 Å². The van der Waals surface area contributed by atoms with Crippen LogP contribution < -0.4 is 20.1 Å². The van der Waals surface area contributed by atoms with Crippen molar-refractivity contribution in [2.75, 3.05) is 40.5 Å². The summed E-state index contributed by atoms with van der Waals surface area (Å²) in [6, 6.07) is 12.2. The van der Waals surface area contributed by atoms with Crippen LogP contribution in [0.2, 0.25) is 0 Å². The van der Waals surface area contributed by atoms with Gasteiger partial charge in [0.05, 0.1) is 25.3 Å². The number of para-hydroxylation sites is 1. The lowest BCUT2D eigenvalue weighted by Crippen LogP contribution is -2.48. The Labute approximate surface area is 192 Å². The molecule has 0 radical (unpaired) electrons. The zero-order chi connectivity index (χ0) is 23.8. The summed E-state index contributed by atoms with van der Waals surface area (Å²) < 4.78 is 29.7. The van der Waals surface area contributed by atoms with Crippen molar-refractivity contribution in [1.29, 1.82) is 0 Å². The van der Waals surface area contributed by atoms with E-state index in [2.05, 4.69) is 10.6 Å². The molecular formula is C24H28FN3O5. The molecule has 1 heterocycles. The Hall–Kier alpha value is -3.59. The van der Waals surface area contributed by atoms with Gasteiger partial charge in [-0.25, -0.2) is 14.0 Å². The maximum absolute atomic E-state index is 13.7. The number of nitrogens with zero attached hydrogens (tertiary/aromatic N) is 1. The highest BCUT2D eigenvalue weighted by Gasteiger charge is 2.34. The van der Waals surface area contributed by atoms with Crippen LogP contribution in [0.15, 0.2) is 59.8 Å². The smallest absolute Gasteiger partial charge is 0.338 e. The third-order valence-corrected chi connectivity index (χ3v) is 5.09. The minimum Gasteiger partial charge on any atom is -0.497 e. The molecule has 0 saturated heterocycles. The van der Waals surface area contributed by atoms with Gasteiger partial charge < -0.3 is 24.8 Å². The van der Waals surface area contributed by atoms with Gasteiger partial charge in [-0.3, -0.25) is 4.90 Å². The van der Waals surface area contributed by atoms with E-state index in [0.29, 0.717) is 23.6 Å². The normalized spacial score (nSPS) is 15.7. The molecule has 176 valence electrons. The third-order valence-electron chi connectivity index (χ3n) is 5.09. The number of halogens is 1. The average molecular weight is 458 g/mol. The molecule has 2 N–H and O–H groups in total. The summed E-state index contributed by atoms with van der Waals surface area (Å²) in [6.07, 6.45) is 0. The first-order valence-electron chi connectivity index (χ1n) is 10.6. The van der Waals surface area contributed by atoms with Gasteiger partial charge in [0.25, 0.3) is 0 Å². The quantitative estimate of drug-likeness (QED) is 0.533. The molecule has 0 aromatic heterocycles. The first kappa shape index (κ1) is 24.1. The van der Waals surface area contributed by atoms with E-state index in [0.717, 1.165) is 5.56 Å². The molecule has 2 aromatic rings. The number of rotatable bonds is 10. The molecule has 1 aliphatic rings. The molecule has 3 rings (SSSR count). The van der Waals surface area contributed by atoms with Gasteiger partial charge in [0.1, 0.15) is 12.4 Å². The summed E-state index contributed by atoms with van der Waals surface area (Å²) >= 11 is 0. The summed E-state index contributed by atoms with van der Waals surface area (Å²) in [7, 11) is 3.38. The van der Waals surface area contributed by atoms with Crippen molar-refractivity contribution < 1.29 is 28.2 Å². The minimum absolute atomic E-state index is 0.173. The van der Waals surface area contributed by atoms with E-state index < -0.39 is 23.9 Å². The van der Waals surface area contributed by atoms with Gasteiger partial charge >= 0.3 is 12.0 Å². The molecule has 1 aliphatic heterocycles. The lowest BCUT2D eigenvalue weighted by Gasteiger charge is -2.31. The molecule has 2 aromatic carbocycles. The Morgan fingerprint density at radius 3 is 2.55 bits per heavy atom. The Kier molecular flexibility index (Phi) is 8.26. The largest absolute Gasteiger partial charge is 0.497 e. The highest BCUT2D eigenvalue weighted by Crippen LogP contribution is 2.29. The Morgan fingerprint density at radius 2 is 1.88 bits per heavy atom. The van der Waals surface area contributed by atoms with Gasteiger partial charge in [-0.2, -0.15) is 0 Å². The van der Waals surface area contributed by atoms with Crippen LogP contribution in [0.4, 0.5) is 9.18 Å². The van der Waals surface area contributed by atoms with Crippen LogP contribution in [0, 0.1) is 5.82 Å². The van der Waals surface area contributed by atoms with Crippen LogP contribution in [-0.4, -0.2) is 57.4 Å². The van der Waals surface area contributed by atoms with E-state index >= 15 is 0 Å². The molecule has 0 bridgehead atoms. The predicted octanol–water partition coefficient (Wildman–Crippen LogP) is 3.02. The second kappa shape index (κ2) is 11.3. The lowest BCUT2D eigenvalue weighted by atomic mass is 9.95. The molecule has 33 heavy (non-hydrogen) atoms. The van der Waals surface area contributed by atoms with Crippen LogP contribution >= 0.6 is 0 Å². The topological polar surface area (TPSA) is 89.1 Å². The summed E-state index contributed by atoms with van der Waals surface area (Å²) in [5, 5.41) is 5.54. The zero-order valence-corrected chi connectivity index (χ0v) is 18.9. The maximum Gasteiger partial charge on any atom is 0.338 e. The van der Waals surface area contributed by atoms with Crippen molar-refractivity contribution in [3.8, 4) is 11.5 Å². The number of benzene rings is 2. The SMILES string of the molecule is CCOC(=O)C1=C(CN(C)CCOc2ccccc2F)NC(=O)NC1c1ccc(OC)cc1. The number of urea groups is 1. The van der Waals surface area contributed by atoms with Crippen molar-refractivity contribution in [2.24, 2.45) is 0 Å². The summed E-state index contributed by atoms with van der Waals surface area (Å²) in [6.45, 7) is 2.85. The molecule has 0 spiro atoms. The average Bonchev–Trinajstić information content (AvgIpc) is 2.80. The number of hydrogen-bond acceptors (Lipinski definition) is 6. The van der Waals surface area contributed by atoms with Gasteiger partial charge in [0.2, 0.25) is 0 Å². The van der Waals surface area contributed by atoms with Crippen LogP contribution in [0.25, 0.3) is 0 Å². The second-order valence-electron chi connectivity index (χ2n) is 7.43. The number of esters is 1. The van der Waals surface area contributed by atoms with Gasteiger partial charge in [0, 0.05) is 18.8 Å². The van der Waals surface area contributed by atoms with Crippen molar-refractivity contribution >= 4 is 12.0 Å². The first-order chi connectivity index (χ1) is 15.9. The lowest BCUT2D eigenvalue weighted by molar-refractivity contribution is -0.139. The van der Waals surface area contributed by atoms with Crippen molar-refractivity contribution in [3.05, 3.63) is 71.2 Å². The van der Waals surface area contributed by atoms with E-state index in [4.69, 9.17) is 14.2 Å². The fourth-order valence-electron chi connectivity index (χ4n) is 3.46. The fraction of sp³-hybridized carbons (Fsp3) is 0.333. The molecule has 8 nitrogen and oxygen atoms in total. The zero-order valence-electron chi connectivity index (χ0n) is 18.9. The minimum atomic E-state index is -0.679. The first-order valence-corrected chi connectivity index (χ1v) is 10.6. The molecule has 1 unspecified atom stereocenters. The fourth-order valence-corrected chi connectivity index (χ4v) is 3.46. The highest BCUT2D eigenvalue weighted by atomic mass is 19.1. The molecule has 2 amide bonds. The Bertz CT molecular complexity index is 1010. The summed E-state index contributed by atoms with van der Waals surface area (Å²) in [5.41, 5.74) is 1.48. The number of amides is 2. The third kappa shape index (κ3) is 6.23. The molecule has 1 atom stereocenters. The number of ether oxygens (including phenoxy) is 3. The molecule has 9 heteroatoms. The van der Waals surface area contributed by atoms with Crippen LogP contribution in [-0.2, 0) is 9.53 Å². The molecule has 0 fully saturated rings. The number of methoxy groups -OCH3 is 1. The van der Waals surface area contributed by atoms with E-state index in [1.165, 1.54) is 6.07 Å². The van der Waals surface area contributed by atoms with Crippen LogP contribution in [0.3, 0.4) is 0 Å². The number of hydrogen-bond donors (Lipinski definition) is 2. The van der Waals surface area contributed by atoms with E-state index in [-0.39, 0.29) is 25.5 Å². The number of carbonyl (C=O) groups is 2. The molecule has 0 aliphatic carbocycles. The predicted molar refractivity (Wildman–Crippen MR) is 120 cm³/mol. The standard InChI is InChI=1S/C24H28FN3O5/c1-4-32-23(29)21-19(15-28(2)13-14-33-20-8-6-5-7-18(20)25)26-24(30)27-22(21)16-9-11-17(31-3)12-10-16/h5-12,22H,4,13-15H2,1-3H3,(H2,26,27,30). The number of nitrogens with one attached hydrogen (secondary N) is 2. The Balaban J connectivity index is 1.78. The van der Waals surface area contributed by atoms with E-state index in [1.807, 2.05) is 11.9 Å². The summed E-state index contributed by atoms with van der Waals surface area (Å²) in [4.78, 5) is 27.1. The van der Waals surface area contributed by atoms with Gasteiger partial charge in [-0.15, -0.1) is 0 Å². The number of likely N-dealkylation sites (N-methyl/N-ethyl adjacent to an activating group) is 1. The highest BCUT2D eigenvalue weighted by molar-refractivity contribution is 5.95.